The zero-order valence-electron chi connectivity index (χ0n) is 9.71. The fraction of sp³-hybridized carbons (Fsp3) is 0.833. The van der Waals surface area contributed by atoms with Crippen LogP contribution in [0.2, 0.25) is 0 Å². The molecule has 1 rings (SSSR count). The van der Waals surface area contributed by atoms with E-state index in [-0.39, 0.29) is 0 Å². The van der Waals surface area contributed by atoms with Crippen molar-refractivity contribution in [1.29, 1.82) is 0 Å². The Kier molecular flexibility index (Phi) is 4.14. The molecule has 2 nitrogen and oxygen atoms in total. The predicted molar refractivity (Wildman–Crippen MR) is 60.3 cm³/mol. The largest absolute Gasteiger partial charge is 0.390 e. The van der Waals surface area contributed by atoms with E-state index < -0.39 is 5.60 Å². The Labute approximate surface area is 87.6 Å². The number of rotatable bonds is 2. The second-order valence-corrected chi connectivity index (χ2v) is 4.93. The number of nitrogens with zero attached hydrogens (tertiary/aromatic N) is 1. The van der Waals surface area contributed by atoms with Crippen LogP contribution in [0.25, 0.3) is 0 Å². The summed E-state index contributed by atoms with van der Waals surface area (Å²) in [4.78, 5) is 2.43. The fourth-order valence-electron chi connectivity index (χ4n) is 1.81. The SMILES string of the molecule is CC(C)=CCN1CCCC(C)(O)CC1. The van der Waals surface area contributed by atoms with E-state index in [9.17, 15) is 5.11 Å². The maximum absolute atomic E-state index is 9.91. The van der Waals surface area contributed by atoms with E-state index in [1.165, 1.54) is 5.57 Å². The van der Waals surface area contributed by atoms with Crippen LogP contribution in [0.15, 0.2) is 11.6 Å². The molecule has 1 aliphatic rings. The highest BCUT2D eigenvalue weighted by Crippen LogP contribution is 2.21. The van der Waals surface area contributed by atoms with Crippen LogP contribution in [0, 0.1) is 0 Å². The Morgan fingerprint density at radius 3 is 2.71 bits per heavy atom. The maximum Gasteiger partial charge on any atom is 0.0632 e. The summed E-state index contributed by atoms with van der Waals surface area (Å²) in [6.45, 7) is 9.41. The van der Waals surface area contributed by atoms with Crippen LogP contribution >= 0.6 is 0 Å². The Balaban J connectivity index is 2.39. The predicted octanol–water partition coefficient (Wildman–Crippen LogP) is 2.19. The van der Waals surface area contributed by atoms with Crippen molar-refractivity contribution in [2.45, 2.75) is 45.6 Å². The summed E-state index contributed by atoms with van der Waals surface area (Å²) < 4.78 is 0. The maximum atomic E-state index is 9.91. The van der Waals surface area contributed by atoms with Crippen LogP contribution < -0.4 is 0 Å². The monoisotopic (exact) mass is 197 g/mol. The molecule has 14 heavy (non-hydrogen) atoms. The van der Waals surface area contributed by atoms with Gasteiger partial charge in [0.05, 0.1) is 5.60 Å². The minimum Gasteiger partial charge on any atom is -0.390 e. The standard InChI is InChI=1S/C12H23NO/c1-11(2)5-9-13-8-4-6-12(3,14)7-10-13/h5,14H,4,6-10H2,1-3H3. The average molecular weight is 197 g/mol. The molecule has 0 saturated carbocycles. The van der Waals surface area contributed by atoms with Gasteiger partial charge in [-0.1, -0.05) is 11.6 Å². The van der Waals surface area contributed by atoms with Gasteiger partial charge in [-0.2, -0.15) is 0 Å². The summed E-state index contributed by atoms with van der Waals surface area (Å²) in [5.41, 5.74) is 0.945. The second-order valence-electron chi connectivity index (χ2n) is 4.93. The van der Waals surface area contributed by atoms with Gasteiger partial charge in [-0.15, -0.1) is 0 Å². The van der Waals surface area contributed by atoms with Crippen LogP contribution in [-0.4, -0.2) is 35.2 Å². The molecule has 1 heterocycles. The highest BCUT2D eigenvalue weighted by molar-refractivity contribution is 4.95. The number of likely N-dealkylation sites (tertiary alicyclic amines) is 1. The van der Waals surface area contributed by atoms with Gasteiger partial charge in [0.2, 0.25) is 0 Å². The molecule has 82 valence electrons. The van der Waals surface area contributed by atoms with E-state index in [0.717, 1.165) is 38.9 Å². The van der Waals surface area contributed by atoms with Gasteiger partial charge < -0.3 is 5.11 Å². The van der Waals surface area contributed by atoms with E-state index in [1.807, 2.05) is 6.92 Å². The van der Waals surface area contributed by atoms with Crippen LogP contribution in [0.1, 0.15) is 40.0 Å². The van der Waals surface area contributed by atoms with Crippen LogP contribution in [-0.2, 0) is 0 Å². The lowest BCUT2D eigenvalue weighted by molar-refractivity contribution is 0.0450. The Morgan fingerprint density at radius 2 is 2.07 bits per heavy atom. The molecule has 0 spiro atoms. The van der Waals surface area contributed by atoms with E-state index in [1.54, 1.807) is 0 Å². The lowest BCUT2D eigenvalue weighted by atomic mass is 9.98. The quantitative estimate of drug-likeness (QED) is 0.686. The first kappa shape index (κ1) is 11.7. The van der Waals surface area contributed by atoms with Gasteiger partial charge >= 0.3 is 0 Å². The number of allylic oxidation sites excluding steroid dienone is 1. The van der Waals surface area contributed by atoms with Crippen LogP contribution in [0.4, 0.5) is 0 Å². The van der Waals surface area contributed by atoms with Crippen molar-refractivity contribution in [2.24, 2.45) is 0 Å². The topological polar surface area (TPSA) is 23.5 Å². The molecular formula is C12H23NO. The normalized spacial score (nSPS) is 29.7. The summed E-state index contributed by atoms with van der Waals surface area (Å²) in [6.07, 6.45) is 5.23. The van der Waals surface area contributed by atoms with E-state index in [2.05, 4.69) is 24.8 Å². The second kappa shape index (κ2) is 4.94. The Hall–Kier alpha value is -0.340. The van der Waals surface area contributed by atoms with Crippen molar-refractivity contribution in [3.63, 3.8) is 0 Å². The van der Waals surface area contributed by atoms with Crippen molar-refractivity contribution in [1.82, 2.24) is 4.90 Å². The average Bonchev–Trinajstić information content (AvgIpc) is 2.23. The first-order valence-corrected chi connectivity index (χ1v) is 5.58. The van der Waals surface area contributed by atoms with Gasteiger partial charge in [-0.3, -0.25) is 4.90 Å². The van der Waals surface area contributed by atoms with Gasteiger partial charge in [0.25, 0.3) is 0 Å². The van der Waals surface area contributed by atoms with Crippen molar-refractivity contribution in [2.75, 3.05) is 19.6 Å². The molecule has 0 aromatic rings. The third-order valence-electron chi connectivity index (χ3n) is 2.91. The number of hydrogen-bond acceptors (Lipinski definition) is 2. The Bertz CT molecular complexity index is 204. The zero-order valence-corrected chi connectivity index (χ0v) is 9.71. The van der Waals surface area contributed by atoms with Crippen LogP contribution in [0.5, 0.6) is 0 Å². The van der Waals surface area contributed by atoms with Gasteiger partial charge in [0.15, 0.2) is 0 Å². The van der Waals surface area contributed by atoms with Gasteiger partial charge in [0, 0.05) is 13.1 Å². The smallest absolute Gasteiger partial charge is 0.0632 e. The summed E-state index contributed by atoms with van der Waals surface area (Å²) in [5.74, 6) is 0. The van der Waals surface area contributed by atoms with Gasteiger partial charge in [0.1, 0.15) is 0 Å². The minimum absolute atomic E-state index is 0.431. The molecule has 2 heteroatoms. The first-order chi connectivity index (χ1) is 6.49. The molecule has 0 bridgehead atoms. The molecule has 0 amide bonds. The Morgan fingerprint density at radius 1 is 1.36 bits per heavy atom. The highest BCUT2D eigenvalue weighted by atomic mass is 16.3. The zero-order chi connectivity index (χ0) is 10.6. The number of aliphatic hydroxyl groups is 1. The molecule has 1 saturated heterocycles. The van der Waals surface area contributed by atoms with Gasteiger partial charge in [-0.05, 0) is 46.6 Å². The summed E-state index contributed by atoms with van der Waals surface area (Å²) >= 11 is 0. The van der Waals surface area contributed by atoms with E-state index in [0.29, 0.717) is 0 Å². The summed E-state index contributed by atoms with van der Waals surface area (Å²) in [7, 11) is 0. The van der Waals surface area contributed by atoms with Crippen molar-refractivity contribution in [3.8, 4) is 0 Å². The first-order valence-electron chi connectivity index (χ1n) is 5.58. The van der Waals surface area contributed by atoms with Crippen LogP contribution in [0.3, 0.4) is 0 Å². The molecule has 0 aliphatic carbocycles. The molecule has 0 radical (unpaired) electrons. The third-order valence-corrected chi connectivity index (χ3v) is 2.91. The highest BCUT2D eigenvalue weighted by Gasteiger charge is 2.24. The number of hydrogen-bond donors (Lipinski definition) is 1. The summed E-state index contributed by atoms with van der Waals surface area (Å²) in [6, 6.07) is 0. The van der Waals surface area contributed by atoms with Crippen molar-refractivity contribution >= 4 is 0 Å². The lowest BCUT2D eigenvalue weighted by Crippen LogP contribution is -2.28. The van der Waals surface area contributed by atoms with Crippen molar-refractivity contribution in [3.05, 3.63) is 11.6 Å². The van der Waals surface area contributed by atoms with Crippen molar-refractivity contribution < 1.29 is 5.11 Å². The molecular weight excluding hydrogens is 174 g/mol. The van der Waals surface area contributed by atoms with E-state index in [4.69, 9.17) is 0 Å². The third kappa shape index (κ3) is 4.25. The molecule has 1 aliphatic heterocycles. The molecule has 0 aromatic carbocycles. The molecule has 1 N–H and O–H groups in total. The fourth-order valence-corrected chi connectivity index (χ4v) is 1.81. The molecule has 1 unspecified atom stereocenters. The van der Waals surface area contributed by atoms with Gasteiger partial charge in [-0.25, -0.2) is 0 Å². The minimum atomic E-state index is -0.431. The molecule has 0 aromatic heterocycles. The molecule has 1 atom stereocenters. The van der Waals surface area contributed by atoms with E-state index >= 15 is 0 Å². The molecule has 1 fully saturated rings. The lowest BCUT2D eigenvalue weighted by Gasteiger charge is -2.21. The summed E-state index contributed by atoms with van der Waals surface area (Å²) in [5, 5.41) is 9.91.